The highest BCUT2D eigenvalue weighted by atomic mass is 16.6. The summed E-state index contributed by atoms with van der Waals surface area (Å²) in [4.78, 5) is 9.22. The Balaban J connectivity index is 4.00. The number of rotatable bonds is 2. The van der Waals surface area contributed by atoms with Crippen molar-refractivity contribution in [3.8, 4) is 0 Å². The Morgan fingerprint density at radius 2 is 2.22 bits per heavy atom. The fraction of sp³-hybridized carbons (Fsp3) is 0.600. The number of nitro groups is 1. The topological polar surface area (TPSA) is 69.2 Å². The van der Waals surface area contributed by atoms with Crippen LogP contribution in [0.15, 0.2) is 11.9 Å². The van der Waals surface area contributed by atoms with Gasteiger partial charge in [0.25, 0.3) is 6.20 Å². The molecule has 0 saturated carbocycles. The van der Waals surface area contributed by atoms with Gasteiger partial charge in [-0.25, -0.2) is 0 Å². The minimum Gasteiger partial charge on any atom is -0.397 e. The van der Waals surface area contributed by atoms with Crippen LogP contribution in [0.4, 0.5) is 0 Å². The smallest absolute Gasteiger partial charge is 0.253 e. The van der Waals surface area contributed by atoms with Crippen LogP contribution in [0.2, 0.25) is 0 Å². The Morgan fingerprint density at radius 3 is 2.33 bits per heavy atom. The van der Waals surface area contributed by atoms with Crippen LogP contribution in [0.3, 0.4) is 0 Å². The summed E-state index contributed by atoms with van der Waals surface area (Å²) in [6.45, 7) is 3.60. The molecule has 0 aromatic carbocycles. The van der Waals surface area contributed by atoms with Gasteiger partial charge in [-0.05, 0) is 5.92 Å². The number of nitrogens with zero attached hydrogens (tertiary/aromatic N) is 1. The molecular weight excluding hydrogens is 120 g/mol. The lowest BCUT2D eigenvalue weighted by Crippen LogP contribution is -2.07. The second kappa shape index (κ2) is 3.06. The molecule has 0 aliphatic carbocycles. The predicted octanol–water partition coefficient (Wildman–Crippen LogP) is 0.719. The second-order valence-corrected chi connectivity index (χ2v) is 2.07. The SMILES string of the molecule is CC(C)/C(N)=C/[N+](=O)[O-]. The van der Waals surface area contributed by atoms with Gasteiger partial charge in [0.2, 0.25) is 0 Å². The van der Waals surface area contributed by atoms with Gasteiger partial charge in [-0.1, -0.05) is 13.8 Å². The highest BCUT2D eigenvalue weighted by Gasteiger charge is 2.00. The maximum atomic E-state index is 9.76. The number of nitrogens with two attached hydrogens (primary N) is 1. The molecule has 0 unspecified atom stereocenters. The summed E-state index contributed by atoms with van der Waals surface area (Å²) in [5.74, 6) is 0.0513. The van der Waals surface area contributed by atoms with E-state index in [0.717, 1.165) is 6.20 Å². The third-order valence-corrected chi connectivity index (χ3v) is 0.921. The van der Waals surface area contributed by atoms with Gasteiger partial charge in [0.15, 0.2) is 0 Å². The zero-order valence-corrected chi connectivity index (χ0v) is 5.50. The molecule has 0 atom stereocenters. The monoisotopic (exact) mass is 130 g/mol. The third-order valence-electron chi connectivity index (χ3n) is 0.921. The molecule has 52 valence electrons. The van der Waals surface area contributed by atoms with Crippen LogP contribution in [0.5, 0.6) is 0 Å². The van der Waals surface area contributed by atoms with Crippen molar-refractivity contribution in [2.24, 2.45) is 11.7 Å². The van der Waals surface area contributed by atoms with Crippen LogP contribution >= 0.6 is 0 Å². The summed E-state index contributed by atoms with van der Waals surface area (Å²) in [6.07, 6.45) is 0.824. The first kappa shape index (κ1) is 7.94. The van der Waals surface area contributed by atoms with Gasteiger partial charge < -0.3 is 5.73 Å². The van der Waals surface area contributed by atoms with Gasteiger partial charge in [0, 0.05) is 0 Å². The predicted molar refractivity (Wildman–Crippen MR) is 34.1 cm³/mol. The summed E-state index contributed by atoms with van der Waals surface area (Å²) >= 11 is 0. The van der Waals surface area contributed by atoms with E-state index in [1.807, 2.05) is 0 Å². The van der Waals surface area contributed by atoms with Gasteiger partial charge in [-0.2, -0.15) is 0 Å². The van der Waals surface area contributed by atoms with E-state index in [1.165, 1.54) is 0 Å². The van der Waals surface area contributed by atoms with Crippen LogP contribution in [0.1, 0.15) is 13.8 Å². The van der Waals surface area contributed by atoms with Crippen LogP contribution in [0, 0.1) is 16.0 Å². The minimum atomic E-state index is -0.546. The van der Waals surface area contributed by atoms with Crippen molar-refractivity contribution in [2.75, 3.05) is 0 Å². The molecule has 0 fully saturated rings. The molecule has 0 aromatic heterocycles. The summed E-state index contributed by atoms with van der Waals surface area (Å²) in [5, 5.41) is 9.76. The quantitative estimate of drug-likeness (QED) is 0.442. The summed E-state index contributed by atoms with van der Waals surface area (Å²) in [6, 6.07) is 0. The van der Waals surface area contributed by atoms with Crippen molar-refractivity contribution >= 4 is 0 Å². The maximum Gasteiger partial charge on any atom is 0.253 e. The van der Waals surface area contributed by atoms with Crippen molar-refractivity contribution in [2.45, 2.75) is 13.8 Å². The Labute approximate surface area is 53.5 Å². The molecule has 2 N–H and O–H groups in total. The average Bonchev–Trinajstić information content (AvgIpc) is 1.63. The highest BCUT2D eigenvalue weighted by Crippen LogP contribution is 2.00. The summed E-state index contributed by atoms with van der Waals surface area (Å²) in [5.41, 5.74) is 5.54. The molecule has 0 rings (SSSR count). The van der Waals surface area contributed by atoms with E-state index in [-0.39, 0.29) is 5.92 Å². The largest absolute Gasteiger partial charge is 0.397 e. The normalized spacial score (nSPS) is 12.1. The van der Waals surface area contributed by atoms with E-state index in [2.05, 4.69) is 0 Å². The molecule has 0 radical (unpaired) electrons. The third kappa shape index (κ3) is 3.52. The molecule has 0 aromatic rings. The molecule has 0 amide bonds. The molecule has 4 heteroatoms. The fourth-order valence-corrected chi connectivity index (χ4v) is 0.271. The molecule has 9 heavy (non-hydrogen) atoms. The molecule has 0 aliphatic rings. The maximum absolute atomic E-state index is 9.76. The molecule has 4 nitrogen and oxygen atoms in total. The molecule has 0 bridgehead atoms. The first-order chi connectivity index (χ1) is 4.04. The lowest BCUT2D eigenvalue weighted by molar-refractivity contribution is -0.403. The van der Waals surface area contributed by atoms with Crippen molar-refractivity contribution < 1.29 is 4.92 Å². The van der Waals surface area contributed by atoms with Crippen molar-refractivity contribution in [3.05, 3.63) is 22.0 Å². The number of allylic oxidation sites excluding steroid dienone is 1. The molecule has 0 aliphatic heterocycles. The molecule has 0 saturated heterocycles. The Morgan fingerprint density at radius 1 is 1.78 bits per heavy atom. The van der Waals surface area contributed by atoms with E-state index in [1.54, 1.807) is 13.8 Å². The Hall–Kier alpha value is -1.06. The van der Waals surface area contributed by atoms with Crippen LogP contribution in [-0.2, 0) is 0 Å². The number of hydrogen-bond acceptors (Lipinski definition) is 3. The first-order valence-electron chi connectivity index (χ1n) is 2.64. The van der Waals surface area contributed by atoms with Gasteiger partial charge in [0.1, 0.15) is 0 Å². The van der Waals surface area contributed by atoms with Gasteiger partial charge in [-0.3, -0.25) is 10.1 Å². The summed E-state index contributed by atoms with van der Waals surface area (Å²) in [7, 11) is 0. The molecule has 0 heterocycles. The highest BCUT2D eigenvalue weighted by molar-refractivity contribution is 4.93. The van der Waals surface area contributed by atoms with E-state index >= 15 is 0 Å². The fourth-order valence-electron chi connectivity index (χ4n) is 0.271. The second-order valence-electron chi connectivity index (χ2n) is 2.07. The Bertz CT molecular complexity index is 140. The standard InChI is InChI=1S/C5H10N2O2/c1-4(2)5(6)3-7(8)9/h3-4H,6H2,1-2H3/b5-3-. The van der Waals surface area contributed by atoms with E-state index < -0.39 is 4.92 Å². The van der Waals surface area contributed by atoms with Gasteiger partial charge >= 0.3 is 0 Å². The summed E-state index contributed by atoms with van der Waals surface area (Å²) < 4.78 is 0. The zero-order chi connectivity index (χ0) is 7.44. The average molecular weight is 130 g/mol. The van der Waals surface area contributed by atoms with Gasteiger partial charge in [0.05, 0.1) is 10.6 Å². The van der Waals surface area contributed by atoms with Crippen molar-refractivity contribution in [1.82, 2.24) is 0 Å². The lowest BCUT2D eigenvalue weighted by atomic mass is 10.2. The lowest BCUT2D eigenvalue weighted by Gasteiger charge is -1.98. The zero-order valence-electron chi connectivity index (χ0n) is 5.50. The van der Waals surface area contributed by atoms with E-state index in [4.69, 9.17) is 5.73 Å². The Kier molecular flexibility index (Phi) is 2.70. The van der Waals surface area contributed by atoms with Gasteiger partial charge in [-0.15, -0.1) is 0 Å². The van der Waals surface area contributed by atoms with Crippen LogP contribution in [-0.4, -0.2) is 4.92 Å². The molecular formula is C5H10N2O2. The van der Waals surface area contributed by atoms with E-state index in [9.17, 15) is 10.1 Å². The van der Waals surface area contributed by atoms with E-state index in [0.29, 0.717) is 5.70 Å². The number of hydrogen-bond donors (Lipinski definition) is 1. The minimum absolute atomic E-state index is 0.0513. The van der Waals surface area contributed by atoms with Crippen LogP contribution in [0.25, 0.3) is 0 Å². The van der Waals surface area contributed by atoms with Crippen molar-refractivity contribution in [1.29, 1.82) is 0 Å². The van der Waals surface area contributed by atoms with Crippen LogP contribution < -0.4 is 5.73 Å². The van der Waals surface area contributed by atoms with Crippen molar-refractivity contribution in [3.63, 3.8) is 0 Å². The first-order valence-corrected chi connectivity index (χ1v) is 2.64. The molecule has 0 spiro atoms.